The number of amides is 2. The van der Waals surface area contributed by atoms with E-state index in [4.69, 9.17) is 4.74 Å². The van der Waals surface area contributed by atoms with Crippen LogP contribution in [-0.2, 0) is 25.5 Å². The van der Waals surface area contributed by atoms with E-state index in [0.717, 1.165) is 5.56 Å². The van der Waals surface area contributed by atoms with Crippen LogP contribution >= 0.6 is 0 Å². The van der Waals surface area contributed by atoms with Crippen LogP contribution in [0.25, 0.3) is 0 Å². The van der Waals surface area contributed by atoms with Crippen LogP contribution in [0, 0.1) is 0 Å². The molecule has 6 heteroatoms. The third kappa shape index (κ3) is 6.07. The fourth-order valence-corrected chi connectivity index (χ4v) is 1.59. The van der Waals surface area contributed by atoms with Gasteiger partial charge in [-0.25, -0.2) is 0 Å². The van der Waals surface area contributed by atoms with Gasteiger partial charge in [-0.2, -0.15) is 0 Å². The van der Waals surface area contributed by atoms with Crippen LogP contribution in [0.15, 0.2) is 24.3 Å². The summed E-state index contributed by atoms with van der Waals surface area (Å²) in [4.78, 5) is 35.8. The number of benzene rings is 1. The first kappa shape index (κ1) is 16.7. The standard InChI is InChI=1S/C15H20N2O4/c1-4-21-15(20)10-13(18)16-12-7-5-11(6-8-12)9-14(19)17(2)3/h5-8H,4,9-10H2,1-3H3,(H,16,18). The van der Waals surface area contributed by atoms with E-state index in [1.807, 2.05) is 0 Å². The number of nitrogens with zero attached hydrogens (tertiary/aromatic N) is 1. The first-order chi connectivity index (χ1) is 9.92. The number of carbonyl (C=O) groups excluding carboxylic acids is 3. The molecular weight excluding hydrogens is 272 g/mol. The molecule has 1 aromatic rings. The molecule has 6 nitrogen and oxygen atoms in total. The van der Waals surface area contributed by atoms with Gasteiger partial charge in [0.25, 0.3) is 0 Å². The number of rotatable bonds is 6. The monoisotopic (exact) mass is 292 g/mol. The highest BCUT2D eigenvalue weighted by atomic mass is 16.5. The zero-order chi connectivity index (χ0) is 15.8. The van der Waals surface area contributed by atoms with Gasteiger partial charge < -0.3 is 15.0 Å². The van der Waals surface area contributed by atoms with Crippen molar-refractivity contribution in [1.29, 1.82) is 0 Å². The Kier molecular flexibility index (Phi) is 6.39. The number of hydrogen-bond acceptors (Lipinski definition) is 4. The van der Waals surface area contributed by atoms with Crippen molar-refractivity contribution in [2.45, 2.75) is 19.8 Å². The van der Waals surface area contributed by atoms with Gasteiger partial charge in [-0.05, 0) is 24.6 Å². The lowest BCUT2D eigenvalue weighted by molar-refractivity contribution is -0.145. The lowest BCUT2D eigenvalue weighted by atomic mass is 10.1. The summed E-state index contributed by atoms with van der Waals surface area (Å²) in [6.07, 6.45) is -0.00123. The lowest BCUT2D eigenvalue weighted by Gasteiger charge is -2.10. The van der Waals surface area contributed by atoms with Crippen LogP contribution in [0.4, 0.5) is 5.69 Å². The summed E-state index contributed by atoms with van der Waals surface area (Å²) >= 11 is 0. The molecule has 1 rings (SSSR count). The largest absolute Gasteiger partial charge is 0.466 e. The third-order valence-electron chi connectivity index (χ3n) is 2.70. The average Bonchev–Trinajstić information content (AvgIpc) is 2.40. The second kappa shape index (κ2) is 8.04. The highest BCUT2D eigenvalue weighted by Crippen LogP contribution is 2.11. The van der Waals surface area contributed by atoms with Crippen molar-refractivity contribution in [3.63, 3.8) is 0 Å². The molecule has 0 heterocycles. The molecular formula is C15H20N2O4. The number of nitrogens with one attached hydrogen (secondary N) is 1. The van der Waals surface area contributed by atoms with Crippen LogP contribution in [-0.4, -0.2) is 43.4 Å². The molecule has 0 aliphatic carbocycles. The summed E-state index contributed by atoms with van der Waals surface area (Å²) in [6, 6.07) is 6.92. The molecule has 0 atom stereocenters. The van der Waals surface area contributed by atoms with E-state index in [2.05, 4.69) is 5.32 Å². The van der Waals surface area contributed by atoms with Crippen LogP contribution in [0.1, 0.15) is 18.9 Å². The Hall–Kier alpha value is -2.37. The van der Waals surface area contributed by atoms with Gasteiger partial charge in [-0.15, -0.1) is 0 Å². The molecule has 2 amide bonds. The predicted molar refractivity (Wildman–Crippen MR) is 78.7 cm³/mol. The second-order valence-corrected chi connectivity index (χ2v) is 4.69. The molecule has 0 unspecified atom stereocenters. The molecule has 0 aromatic heterocycles. The van der Waals surface area contributed by atoms with Gasteiger partial charge in [-0.3, -0.25) is 14.4 Å². The van der Waals surface area contributed by atoms with Gasteiger partial charge in [-0.1, -0.05) is 12.1 Å². The lowest BCUT2D eigenvalue weighted by Crippen LogP contribution is -2.23. The van der Waals surface area contributed by atoms with Gasteiger partial charge in [0.15, 0.2) is 0 Å². The van der Waals surface area contributed by atoms with Crippen LogP contribution in [0.5, 0.6) is 0 Å². The average molecular weight is 292 g/mol. The fraction of sp³-hybridized carbons (Fsp3) is 0.400. The van der Waals surface area contributed by atoms with E-state index in [1.54, 1.807) is 45.3 Å². The van der Waals surface area contributed by atoms with Gasteiger partial charge in [0.05, 0.1) is 13.0 Å². The van der Waals surface area contributed by atoms with Crippen molar-refractivity contribution < 1.29 is 19.1 Å². The van der Waals surface area contributed by atoms with Crippen LogP contribution < -0.4 is 5.32 Å². The predicted octanol–water partition coefficient (Wildman–Crippen LogP) is 1.21. The molecule has 0 aliphatic rings. The summed E-state index contributed by atoms with van der Waals surface area (Å²) < 4.78 is 4.69. The van der Waals surface area contributed by atoms with E-state index < -0.39 is 11.9 Å². The molecule has 21 heavy (non-hydrogen) atoms. The Balaban J connectivity index is 2.52. The minimum absolute atomic E-state index is 0.00842. The maximum atomic E-state index is 11.6. The molecule has 0 bridgehead atoms. The van der Waals surface area contributed by atoms with Crippen molar-refractivity contribution in [2.24, 2.45) is 0 Å². The van der Waals surface area contributed by atoms with Crippen molar-refractivity contribution in [3.8, 4) is 0 Å². The molecule has 1 aromatic carbocycles. The summed E-state index contributed by atoms with van der Waals surface area (Å²) in [5.41, 5.74) is 1.43. The van der Waals surface area contributed by atoms with Crippen molar-refractivity contribution in [3.05, 3.63) is 29.8 Å². The van der Waals surface area contributed by atoms with Crippen LogP contribution in [0.2, 0.25) is 0 Å². The number of anilines is 1. The molecule has 0 aliphatic heterocycles. The molecule has 0 saturated heterocycles. The van der Waals surface area contributed by atoms with E-state index in [-0.39, 0.29) is 18.9 Å². The Morgan fingerprint density at radius 1 is 1.14 bits per heavy atom. The minimum atomic E-state index is -0.553. The van der Waals surface area contributed by atoms with Crippen molar-refractivity contribution >= 4 is 23.5 Å². The first-order valence-corrected chi connectivity index (χ1v) is 6.67. The fourth-order valence-electron chi connectivity index (χ4n) is 1.59. The first-order valence-electron chi connectivity index (χ1n) is 6.67. The topological polar surface area (TPSA) is 75.7 Å². The Labute approximate surface area is 124 Å². The minimum Gasteiger partial charge on any atom is -0.466 e. The highest BCUT2D eigenvalue weighted by Gasteiger charge is 2.10. The van der Waals surface area contributed by atoms with Crippen LogP contribution in [0.3, 0.4) is 0 Å². The number of carbonyl (C=O) groups is 3. The molecule has 114 valence electrons. The Morgan fingerprint density at radius 2 is 1.76 bits per heavy atom. The quantitative estimate of drug-likeness (QED) is 0.631. The highest BCUT2D eigenvalue weighted by molar-refractivity contribution is 6.01. The number of ether oxygens (including phenoxy) is 1. The number of esters is 1. The maximum Gasteiger partial charge on any atom is 0.315 e. The van der Waals surface area contributed by atoms with Gasteiger partial charge in [0.1, 0.15) is 6.42 Å². The van der Waals surface area contributed by atoms with Crippen molar-refractivity contribution in [2.75, 3.05) is 26.0 Å². The van der Waals surface area contributed by atoms with Gasteiger partial charge in [0.2, 0.25) is 11.8 Å². The SMILES string of the molecule is CCOC(=O)CC(=O)Nc1ccc(CC(=O)N(C)C)cc1. The zero-order valence-electron chi connectivity index (χ0n) is 12.5. The van der Waals surface area contributed by atoms with Crippen molar-refractivity contribution in [1.82, 2.24) is 4.90 Å². The number of hydrogen-bond donors (Lipinski definition) is 1. The normalized spacial score (nSPS) is 9.86. The molecule has 1 N–H and O–H groups in total. The van der Waals surface area contributed by atoms with E-state index in [1.165, 1.54) is 4.90 Å². The third-order valence-corrected chi connectivity index (χ3v) is 2.70. The molecule has 0 saturated carbocycles. The molecule has 0 spiro atoms. The van der Waals surface area contributed by atoms with E-state index in [0.29, 0.717) is 12.1 Å². The summed E-state index contributed by atoms with van der Waals surface area (Å²) in [6.45, 7) is 1.93. The number of likely N-dealkylation sites (N-methyl/N-ethyl adjacent to an activating group) is 1. The molecule has 0 radical (unpaired) electrons. The van der Waals surface area contributed by atoms with Gasteiger partial charge in [0, 0.05) is 19.8 Å². The van der Waals surface area contributed by atoms with Gasteiger partial charge >= 0.3 is 5.97 Å². The Bertz CT molecular complexity index is 509. The zero-order valence-corrected chi connectivity index (χ0v) is 12.5. The molecule has 0 fully saturated rings. The van der Waals surface area contributed by atoms with E-state index in [9.17, 15) is 14.4 Å². The Morgan fingerprint density at radius 3 is 2.29 bits per heavy atom. The second-order valence-electron chi connectivity index (χ2n) is 4.69. The summed E-state index contributed by atoms with van der Waals surface area (Å²) in [7, 11) is 3.40. The van der Waals surface area contributed by atoms with E-state index >= 15 is 0 Å². The maximum absolute atomic E-state index is 11.6. The summed E-state index contributed by atoms with van der Waals surface area (Å²) in [5, 5.41) is 2.60. The smallest absolute Gasteiger partial charge is 0.315 e. The summed E-state index contributed by atoms with van der Waals surface area (Å²) in [5.74, 6) is -0.970.